The van der Waals surface area contributed by atoms with Gasteiger partial charge in [-0.3, -0.25) is 0 Å². The molecule has 0 N–H and O–H groups in total. The van der Waals surface area contributed by atoms with Gasteiger partial charge in [0, 0.05) is 11.8 Å². The number of fused-ring (bicyclic) bond motifs is 1. The van der Waals surface area contributed by atoms with Crippen LogP contribution in [0.5, 0.6) is 0 Å². The predicted octanol–water partition coefficient (Wildman–Crippen LogP) is 3.11. The van der Waals surface area contributed by atoms with Gasteiger partial charge in [-0.1, -0.05) is 18.2 Å². The molecule has 2 aromatic heterocycles. The molecule has 2 aromatic rings. The third kappa shape index (κ3) is 2.24. The second-order valence-electron chi connectivity index (χ2n) is 4.00. The topological polar surface area (TPSA) is 43.6 Å². The lowest BCUT2D eigenvalue weighted by Crippen LogP contribution is -2.13. The maximum Gasteiger partial charge on any atom is 0.341 e. The zero-order valence-electron chi connectivity index (χ0n) is 10.2. The number of carbonyl (C=O) groups is 1. The third-order valence-electron chi connectivity index (χ3n) is 2.48. The van der Waals surface area contributed by atoms with Gasteiger partial charge in [-0.25, -0.2) is 9.31 Å². The van der Waals surface area contributed by atoms with E-state index in [1.807, 2.05) is 19.1 Å². The number of alkyl halides is 1. The summed E-state index contributed by atoms with van der Waals surface area (Å²) in [7, 11) is 0. The molecule has 0 saturated carbocycles. The maximum atomic E-state index is 11.9. The van der Waals surface area contributed by atoms with Crippen LogP contribution in [-0.2, 0) is 4.74 Å². The van der Waals surface area contributed by atoms with Crippen molar-refractivity contribution in [2.45, 2.75) is 19.4 Å². The number of ether oxygens (including phenoxy) is 1. The maximum absolute atomic E-state index is 11.9. The molecule has 94 valence electrons. The molecule has 0 spiro atoms. The van der Waals surface area contributed by atoms with Gasteiger partial charge in [-0.15, -0.1) is 0 Å². The summed E-state index contributed by atoms with van der Waals surface area (Å²) in [5.74, 6) is -0.494. The Morgan fingerprint density at radius 3 is 2.94 bits per heavy atom. The molecule has 1 unspecified atom stereocenters. The standard InChI is InChI=1S/C13H13ClN2O2/c1-8(2)12-10(13(17)18-9(3)14)7-15-16-6-4-5-11(12)16/h4-7,9H,1H2,2-3H3. The minimum absolute atomic E-state index is 0.376. The average molecular weight is 265 g/mol. The van der Waals surface area contributed by atoms with E-state index in [0.29, 0.717) is 5.56 Å². The molecule has 0 radical (unpaired) electrons. The summed E-state index contributed by atoms with van der Waals surface area (Å²) in [5, 5.41) is 4.14. The van der Waals surface area contributed by atoms with Crippen molar-refractivity contribution in [3.63, 3.8) is 0 Å². The Bertz CT molecular complexity index is 616. The van der Waals surface area contributed by atoms with Crippen LogP contribution in [0.25, 0.3) is 11.1 Å². The summed E-state index contributed by atoms with van der Waals surface area (Å²) in [6, 6.07) is 3.73. The lowest BCUT2D eigenvalue weighted by molar-refractivity contribution is 0.0471. The van der Waals surface area contributed by atoms with Crippen molar-refractivity contribution < 1.29 is 9.53 Å². The van der Waals surface area contributed by atoms with Crippen LogP contribution in [0.2, 0.25) is 0 Å². The van der Waals surface area contributed by atoms with Crippen LogP contribution >= 0.6 is 11.6 Å². The van der Waals surface area contributed by atoms with E-state index >= 15 is 0 Å². The molecule has 2 heterocycles. The summed E-state index contributed by atoms with van der Waals surface area (Å²) in [5.41, 5.74) is 2.02. The zero-order valence-corrected chi connectivity index (χ0v) is 10.9. The fourth-order valence-corrected chi connectivity index (χ4v) is 1.89. The van der Waals surface area contributed by atoms with Crippen molar-refractivity contribution in [3.8, 4) is 0 Å². The first-order valence-electron chi connectivity index (χ1n) is 5.48. The van der Waals surface area contributed by atoms with Crippen LogP contribution in [0.4, 0.5) is 0 Å². The highest BCUT2D eigenvalue weighted by Gasteiger charge is 2.18. The zero-order chi connectivity index (χ0) is 13.3. The van der Waals surface area contributed by atoms with Gasteiger partial charge in [0.2, 0.25) is 0 Å². The first-order chi connectivity index (χ1) is 8.50. The highest BCUT2D eigenvalue weighted by atomic mass is 35.5. The second-order valence-corrected chi connectivity index (χ2v) is 4.61. The van der Waals surface area contributed by atoms with Gasteiger partial charge in [0.1, 0.15) is 0 Å². The largest absolute Gasteiger partial charge is 0.443 e. The molecular weight excluding hydrogens is 252 g/mol. The van der Waals surface area contributed by atoms with E-state index < -0.39 is 11.5 Å². The van der Waals surface area contributed by atoms with Crippen LogP contribution in [0, 0.1) is 0 Å². The lowest BCUT2D eigenvalue weighted by Gasteiger charge is -2.11. The van der Waals surface area contributed by atoms with E-state index in [9.17, 15) is 4.79 Å². The van der Waals surface area contributed by atoms with Crippen LogP contribution in [-0.4, -0.2) is 21.1 Å². The summed E-state index contributed by atoms with van der Waals surface area (Å²) in [4.78, 5) is 11.9. The smallest absolute Gasteiger partial charge is 0.341 e. The molecule has 18 heavy (non-hydrogen) atoms. The number of allylic oxidation sites excluding steroid dienone is 1. The SMILES string of the molecule is C=C(C)c1c(C(=O)OC(C)Cl)cnn2cccc12. The van der Waals surface area contributed by atoms with Crippen molar-refractivity contribution in [1.82, 2.24) is 9.61 Å². The van der Waals surface area contributed by atoms with Crippen LogP contribution in [0.15, 0.2) is 31.1 Å². The lowest BCUT2D eigenvalue weighted by atomic mass is 10.0. The van der Waals surface area contributed by atoms with E-state index in [2.05, 4.69) is 11.7 Å². The number of hydrogen-bond acceptors (Lipinski definition) is 3. The van der Waals surface area contributed by atoms with Gasteiger partial charge in [-0.05, 0) is 31.6 Å². The molecule has 0 aliphatic rings. The minimum Gasteiger partial charge on any atom is -0.443 e. The Morgan fingerprint density at radius 2 is 2.33 bits per heavy atom. The fourth-order valence-electron chi connectivity index (χ4n) is 1.81. The van der Waals surface area contributed by atoms with Crippen molar-refractivity contribution >= 4 is 28.7 Å². The number of nitrogens with zero attached hydrogens (tertiary/aromatic N) is 2. The Kier molecular flexibility index (Phi) is 3.39. The van der Waals surface area contributed by atoms with Crippen molar-refractivity contribution in [2.75, 3.05) is 0 Å². The second kappa shape index (κ2) is 4.82. The van der Waals surface area contributed by atoms with Crippen LogP contribution in [0.1, 0.15) is 29.8 Å². The summed E-state index contributed by atoms with van der Waals surface area (Å²) >= 11 is 5.66. The van der Waals surface area contributed by atoms with E-state index in [0.717, 1.165) is 16.7 Å². The predicted molar refractivity (Wildman–Crippen MR) is 70.6 cm³/mol. The molecule has 0 aromatic carbocycles. The number of halogens is 1. The van der Waals surface area contributed by atoms with Gasteiger partial charge in [0.05, 0.1) is 17.3 Å². The Labute approximate surface area is 110 Å². The van der Waals surface area contributed by atoms with Crippen molar-refractivity contribution in [3.05, 3.63) is 42.2 Å². The summed E-state index contributed by atoms with van der Waals surface area (Å²) in [6.07, 6.45) is 3.28. The van der Waals surface area contributed by atoms with Crippen LogP contribution in [0.3, 0.4) is 0 Å². The molecule has 0 aliphatic heterocycles. The number of hydrogen-bond donors (Lipinski definition) is 0. The fraction of sp³-hybridized carbons (Fsp3) is 0.231. The first-order valence-corrected chi connectivity index (χ1v) is 5.91. The van der Waals surface area contributed by atoms with E-state index in [4.69, 9.17) is 16.3 Å². The quantitative estimate of drug-likeness (QED) is 0.632. The molecule has 0 saturated heterocycles. The van der Waals surface area contributed by atoms with Gasteiger partial charge >= 0.3 is 5.97 Å². The molecule has 1 atom stereocenters. The molecule has 0 amide bonds. The average Bonchev–Trinajstić information content (AvgIpc) is 2.73. The van der Waals surface area contributed by atoms with E-state index in [1.54, 1.807) is 17.6 Å². The van der Waals surface area contributed by atoms with Crippen molar-refractivity contribution in [1.29, 1.82) is 0 Å². The number of aromatic nitrogens is 2. The highest BCUT2D eigenvalue weighted by molar-refractivity contribution is 6.20. The van der Waals surface area contributed by atoms with E-state index in [-0.39, 0.29) is 0 Å². The van der Waals surface area contributed by atoms with Gasteiger partial charge in [-0.2, -0.15) is 5.10 Å². The highest BCUT2D eigenvalue weighted by Crippen LogP contribution is 2.23. The number of carbonyl (C=O) groups excluding carboxylic acids is 1. The van der Waals surface area contributed by atoms with Gasteiger partial charge < -0.3 is 4.74 Å². The molecule has 5 heteroatoms. The Balaban J connectivity index is 2.59. The normalized spacial score (nSPS) is 12.4. The first kappa shape index (κ1) is 12.6. The minimum atomic E-state index is -0.682. The monoisotopic (exact) mass is 264 g/mol. The third-order valence-corrected chi connectivity index (χ3v) is 2.57. The summed E-state index contributed by atoms with van der Waals surface area (Å²) < 4.78 is 6.67. The molecule has 0 bridgehead atoms. The Morgan fingerprint density at radius 1 is 1.61 bits per heavy atom. The van der Waals surface area contributed by atoms with Crippen molar-refractivity contribution in [2.24, 2.45) is 0 Å². The van der Waals surface area contributed by atoms with Gasteiger partial charge in [0.15, 0.2) is 5.56 Å². The van der Waals surface area contributed by atoms with Gasteiger partial charge in [0.25, 0.3) is 0 Å². The Hall–Kier alpha value is -1.81. The molecule has 0 fully saturated rings. The molecule has 2 rings (SSSR count). The molecule has 4 nitrogen and oxygen atoms in total. The van der Waals surface area contributed by atoms with Crippen LogP contribution < -0.4 is 0 Å². The molecular formula is C13H13ClN2O2. The molecule has 0 aliphatic carbocycles. The van der Waals surface area contributed by atoms with E-state index in [1.165, 1.54) is 6.20 Å². The number of rotatable bonds is 3. The number of esters is 1. The summed E-state index contributed by atoms with van der Waals surface area (Å²) in [6.45, 7) is 7.32.